The van der Waals surface area contributed by atoms with Gasteiger partial charge in [-0.3, -0.25) is 14.5 Å². The van der Waals surface area contributed by atoms with Gasteiger partial charge in [-0.15, -0.1) is 0 Å². The number of aromatic nitrogens is 1. The van der Waals surface area contributed by atoms with Gasteiger partial charge in [-0.05, 0) is 36.3 Å². The lowest BCUT2D eigenvalue weighted by Gasteiger charge is -2.29. The molecule has 2 heterocycles. The number of benzene rings is 1. The molecule has 182 valence electrons. The molecule has 3 rings (SSSR count). The van der Waals surface area contributed by atoms with E-state index in [4.69, 9.17) is 4.74 Å². The van der Waals surface area contributed by atoms with Crippen LogP contribution in [0.3, 0.4) is 0 Å². The second-order valence-corrected chi connectivity index (χ2v) is 8.01. The molecule has 0 radical (unpaired) electrons. The van der Waals surface area contributed by atoms with Crippen molar-refractivity contribution < 1.29 is 14.3 Å². The van der Waals surface area contributed by atoms with Crippen molar-refractivity contribution in [2.75, 3.05) is 25.2 Å². The molecule has 0 spiro atoms. The van der Waals surface area contributed by atoms with Gasteiger partial charge >= 0.3 is 5.97 Å². The Kier molecular flexibility index (Phi) is 11.2. The van der Waals surface area contributed by atoms with E-state index < -0.39 is 5.97 Å². The average molecular weight is 483 g/mol. The SMILES string of the molecule is COC(=O)CC1=CN(Cc2ccccc2)C=CN1C(=O)c1cccnc1NCCC(C)C.CS. The Morgan fingerprint density at radius 3 is 2.50 bits per heavy atom. The number of carbonyl (C=O) groups excluding carboxylic acids is 2. The number of ether oxygens (including phenoxy) is 1. The quantitative estimate of drug-likeness (QED) is 0.390. The molecule has 0 bridgehead atoms. The van der Waals surface area contributed by atoms with Crippen LogP contribution in [-0.4, -0.2) is 46.6 Å². The van der Waals surface area contributed by atoms with Crippen molar-refractivity contribution in [2.45, 2.75) is 33.2 Å². The number of esters is 1. The van der Waals surface area contributed by atoms with E-state index in [1.807, 2.05) is 47.6 Å². The first-order valence-corrected chi connectivity index (χ1v) is 12.1. The summed E-state index contributed by atoms with van der Waals surface area (Å²) in [6, 6.07) is 13.5. The Labute approximate surface area is 207 Å². The minimum Gasteiger partial charge on any atom is -0.469 e. The number of hydrogen-bond acceptors (Lipinski definition) is 7. The summed E-state index contributed by atoms with van der Waals surface area (Å²) in [6.45, 7) is 5.64. The predicted molar refractivity (Wildman–Crippen MR) is 139 cm³/mol. The van der Waals surface area contributed by atoms with Gasteiger partial charge in [0.1, 0.15) is 5.82 Å². The zero-order chi connectivity index (χ0) is 24.9. The minimum atomic E-state index is -0.412. The molecular formula is C26H34N4O3S. The van der Waals surface area contributed by atoms with Gasteiger partial charge in [-0.2, -0.15) is 12.6 Å². The molecule has 0 saturated carbocycles. The first-order chi connectivity index (χ1) is 16.5. The van der Waals surface area contributed by atoms with Gasteiger partial charge in [-0.25, -0.2) is 4.98 Å². The standard InChI is InChI=1S/C25H30N4O3.CH4S/c1-19(2)11-13-27-24-22(10-7-12-26-24)25(31)29-15-14-28(17-20-8-5-4-6-9-20)18-21(29)16-23(30)32-3;1-2/h4-10,12,14-15,18-19H,11,13,16-17H2,1-3H3,(H,26,27);2H,1H3. The number of nitrogens with one attached hydrogen (secondary N) is 1. The number of carbonyl (C=O) groups is 2. The van der Waals surface area contributed by atoms with Crippen LogP contribution in [0.1, 0.15) is 42.6 Å². The number of amides is 1. The minimum absolute atomic E-state index is 0.0196. The summed E-state index contributed by atoms with van der Waals surface area (Å²) in [5.74, 6) is 0.414. The van der Waals surface area contributed by atoms with Crippen LogP contribution in [0.25, 0.3) is 0 Å². The fourth-order valence-corrected chi connectivity index (χ4v) is 3.31. The van der Waals surface area contributed by atoms with Crippen molar-refractivity contribution in [3.63, 3.8) is 0 Å². The zero-order valence-corrected chi connectivity index (χ0v) is 21.2. The molecule has 0 fully saturated rings. The van der Waals surface area contributed by atoms with Crippen LogP contribution in [0.5, 0.6) is 0 Å². The highest BCUT2D eigenvalue weighted by molar-refractivity contribution is 7.79. The van der Waals surface area contributed by atoms with Gasteiger partial charge in [-0.1, -0.05) is 44.2 Å². The van der Waals surface area contributed by atoms with Gasteiger partial charge < -0.3 is 15.0 Å². The number of hydrogen-bond donors (Lipinski definition) is 2. The van der Waals surface area contributed by atoms with Crippen LogP contribution in [0.2, 0.25) is 0 Å². The summed E-state index contributed by atoms with van der Waals surface area (Å²) in [5.41, 5.74) is 2.11. The lowest BCUT2D eigenvalue weighted by atomic mass is 10.1. The van der Waals surface area contributed by atoms with Crippen molar-refractivity contribution in [3.8, 4) is 0 Å². The van der Waals surface area contributed by atoms with Crippen molar-refractivity contribution >= 4 is 30.3 Å². The molecule has 1 amide bonds. The Balaban J connectivity index is 0.00000199. The largest absolute Gasteiger partial charge is 0.469 e. The monoisotopic (exact) mass is 482 g/mol. The third kappa shape index (κ3) is 7.95. The lowest BCUT2D eigenvalue weighted by Crippen LogP contribution is -2.32. The third-order valence-corrected chi connectivity index (χ3v) is 5.06. The molecule has 8 heteroatoms. The summed E-state index contributed by atoms with van der Waals surface area (Å²) in [5, 5.41) is 3.27. The van der Waals surface area contributed by atoms with E-state index in [-0.39, 0.29) is 12.3 Å². The van der Waals surface area contributed by atoms with Crippen molar-refractivity contribution in [3.05, 3.63) is 84.1 Å². The van der Waals surface area contributed by atoms with Crippen LogP contribution >= 0.6 is 12.6 Å². The molecule has 0 atom stereocenters. The van der Waals surface area contributed by atoms with E-state index in [1.165, 1.54) is 12.0 Å². The highest BCUT2D eigenvalue weighted by atomic mass is 32.1. The number of anilines is 1. The van der Waals surface area contributed by atoms with Gasteiger partial charge in [0.2, 0.25) is 0 Å². The average Bonchev–Trinajstić information content (AvgIpc) is 2.86. The van der Waals surface area contributed by atoms with Crippen LogP contribution in [-0.2, 0) is 16.1 Å². The molecule has 1 aromatic carbocycles. The Morgan fingerprint density at radius 2 is 1.82 bits per heavy atom. The van der Waals surface area contributed by atoms with Crippen molar-refractivity contribution in [2.24, 2.45) is 5.92 Å². The number of nitrogens with zero attached hydrogens (tertiary/aromatic N) is 3. The zero-order valence-electron chi connectivity index (χ0n) is 20.3. The molecule has 1 aromatic heterocycles. The summed E-state index contributed by atoms with van der Waals surface area (Å²) in [6.07, 6.45) is 9.63. The molecule has 1 N–H and O–H groups in total. The summed E-state index contributed by atoms with van der Waals surface area (Å²) < 4.78 is 4.85. The second kappa shape index (κ2) is 14.1. The molecule has 0 unspecified atom stereocenters. The normalized spacial score (nSPS) is 12.6. The van der Waals surface area contributed by atoms with Gasteiger partial charge in [0, 0.05) is 37.9 Å². The number of rotatable bonds is 9. The highest BCUT2D eigenvalue weighted by Gasteiger charge is 2.25. The summed E-state index contributed by atoms with van der Waals surface area (Å²) >= 11 is 3.53. The topological polar surface area (TPSA) is 74.8 Å². The maximum Gasteiger partial charge on any atom is 0.311 e. The van der Waals surface area contributed by atoms with E-state index in [0.29, 0.717) is 29.5 Å². The number of thiol groups is 1. The third-order valence-electron chi connectivity index (χ3n) is 5.06. The van der Waals surface area contributed by atoms with Crippen LogP contribution in [0, 0.1) is 5.92 Å². The van der Waals surface area contributed by atoms with Crippen molar-refractivity contribution in [1.82, 2.24) is 14.8 Å². The first kappa shape index (κ1) is 27.0. The summed E-state index contributed by atoms with van der Waals surface area (Å²) in [7, 11) is 1.34. The fourth-order valence-electron chi connectivity index (χ4n) is 3.31. The maximum atomic E-state index is 13.4. The van der Waals surface area contributed by atoms with E-state index in [0.717, 1.165) is 18.5 Å². The molecule has 2 aromatic rings. The van der Waals surface area contributed by atoms with Crippen LogP contribution in [0.15, 0.2) is 73.0 Å². The number of methoxy groups -OCH3 is 1. The van der Waals surface area contributed by atoms with E-state index in [2.05, 4.69) is 36.8 Å². The molecule has 0 aliphatic carbocycles. The highest BCUT2D eigenvalue weighted by Crippen LogP contribution is 2.24. The molecule has 1 aliphatic heterocycles. The van der Waals surface area contributed by atoms with Gasteiger partial charge in [0.05, 0.1) is 24.8 Å². The fraction of sp³-hybridized carbons (Fsp3) is 0.346. The van der Waals surface area contributed by atoms with Crippen LogP contribution < -0.4 is 5.32 Å². The maximum absolute atomic E-state index is 13.4. The Hall–Kier alpha value is -3.26. The Morgan fingerprint density at radius 1 is 1.09 bits per heavy atom. The van der Waals surface area contributed by atoms with Gasteiger partial charge in [0.25, 0.3) is 5.91 Å². The number of pyridine rings is 1. The Bertz CT molecular complexity index is 993. The predicted octanol–water partition coefficient (Wildman–Crippen LogP) is 4.92. The molecule has 7 nitrogen and oxygen atoms in total. The van der Waals surface area contributed by atoms with Crippen LogP contribution in [0.4, 0.5) is 5.82 Å². The molecule has 34 heavy (non-hydrogen) atoms. The first-order valence-electron chi connectivity index (χ1n) is 11.2. The van der Waals surface area contributed by atoms with E-state index in [1.54, 1.807) is 30.8 Å². The van der Waals surface area contributed by atoms with E-state index in [9.17, 15) is 9.59 Å². The molecular weight excluding hydrogens is 448 g/mol. The van der Waals surface area contributed by atoms with E-state index >= 15 is 0 Å². The smallest absolute Gasteiger partial charge is 0.311 e. The van der Waals surface area contributed by atoms with Crippen molar-refractivity contribution in [1.29, 1.82) is 0 Å². The van der Waals surface area contributed by atoms with Gasteiger partial charge in [0.15, 0.2) is 0 Å². The summed E-state index contributed by atoms with van der Waals surface area (Å²) in [4.78, 5) is 33.3. The molecule has 0 saturated heterocycles. The second-order valence-electron chi connectivity index (χ2n) is 8.01. The molecule has 1 aliphatic rings. The lowest BCUT2D eigenvalue weighted by molar-refractivity contribution is -0.140.